The highest BCUT2D eigenvalue weighted by molar-refractivity contribution is 5.84. The third-order valence-corrected chi connectivity index (χ3v) is 3.18. The van der Waals surface area contributed by atoms with E-state index in [1.165, 1.54) is 7.11 Å². The second-order valence-corrected chi connectivity index (χ2v) is 4.63. The fourth-order valence-electron chi connectivity index (χ4n) is 2.22. The topological polar surface area (TPSA) is 72.9 Å². The first-order chi connectivity index (χ1) is 10.6. The van der Waals surface area contributed by atoms with E-state index in [9.17, 15) is 4.79 Å². The second kappa shape index (κ2) is 7.13. The number of pyridine rings is 1. The molecule has 22 heavy (non-hydrogen) atoms. The molecule has 0 aromatic carbocycles. The van der Waals surface area contributed by atoms with Gasteiger partial charge in [0.1, 0.15) is 11.8 Å². The maximum absolute atomic E-state index is 11.7. The number of carbonyl (C=O) groups excluding carboxylic acids is 1. The molecule has 7 heteroatoms. The summed E-state index contributed by atoms with van der Waals surface area (Å²) in [6.45, 7) is 4.86. The third-order valence-electron chi connectivity index (χ3n) is 3.18. The minimum absolute atomic E-state index is 0.348. The Morgan fingerprint density at radius 1 is 1.36 bits per heavy atom. The average molecular weight is 307 g/mol. The van der Waals surface area contributed by atoms with Gasteiger partial charge in [0.05, 0.1) is 31.6 Å². The van der Waals surface area contributed by atoms with Crippen LogP contribution in [0.2, 0.25) is 0 Å². The molecular formula is C15H21N3O4. The number of nitrogens with one attached hydrogen (secondary N) is 1. The number of hydrogen-bond donors (Lipinski definition) is 1. The molecule has 0 bridgehead atoms. The molecule has 0 radical (unpaired) electrons. The summed E-state index contributed by atoms with van der Waals surface area (Å²) in [7, 11) is 3.18. The van der Waals surface area contributed by atoms with Gasteiger partial charge < -0.3 is 19.2 Å². The molecule has 1 aliphatic rings. The number of hydrogen-bond acceptors (Lipinski definition) is 7. The van der Waals surface area contributed by atoms with Crippen LogP contribution in [0.5, 0.6) is 11.6 Å². The summed E-state index contributed by atoms with van der Waals surface area (Å²) >= 11 is 0. The molecule has 1 N–H and O–H groups in total. The monoisotopic (exact) mass is 307 g/mol. The summed E-state index contributed by atoms with van der Waals surface area (Å²) in [6.07, 6.45) is 3.46. The standard InChI is InChI=1S/C15H21N3O4/c1-5-21-13-8-14(22-6-2)16-9-10(13)12-7-11(15(19)20-4)17-18(12)3/h7-9,11,17H,5-6H2,1-4H3. The Bertz CT molecular complexity index is 574. The first kappa shape index (κ1) is 16.1. The molecule has 1 aromatic heterocycles. The number of ether oxygens (including phenoxy) is 3. The minimum Gasteiger partial charge on any atom is -0.493 e. The number of hydrazine groups is 1. The van der Waals surface area contributed by atoms with Crippen molar-refractivity contribution in [1.82, 2.24) is 15.4 Å². The number of carbonyl (C=O) groups is 1. The lowest BCUT2D eigenvalue weighted by Gasteiger charge is -2.20. The van der Waals surface area contributed by atoms with Crippen LogP contribution in [0, 0.1) is 0 Å². The molecule has 7 nitrogen and oxygen atoms in total. The van der Waals surface area contributed by atoms with Crippen LogP contribution in [0.3, 0.4) is 0 Å². The van der Waals surface area contributed by atoms with Crippen LogP contribution in [0.4, 0.5) is 0 Å². The van der Waals surface area contributed by atoms with Crippen LogP contribution in [0.15, 0.2) is 18.3 Å². The van der Waals surface area contributed by atoms with Crippen molar-refractivity contribution in [1.29, 1.82) is 0 Å². The van der Waals surface area contributed by atoms with E-state index in [1.807, 2.05) is 20.9 Å². The highest BCUT2D eigenvalue weighted by Crippen LogP contribution is 2.32. The zero-order valence-electron chi connectivity index (χ0n) is 13.3. The van der Waals surface area contributed by atoms with Gasteiger partial charge in [0.2, 0.25) is 5.88 Å². The van der Waals surface area contributed by atoms with Crippen molar-refractivity contribution in [2.75, 3.05) is 27.4 Å². The second-order valence-electron chi connectivity index (χ2n) is 4.63. The Morgan fingerprint density at radius 3 is 2.73 bits per heavy atom. The maximum atomic E-state index is 11.7. The van der Waals surface area contributed by atoms with Gasteiger partial charge in [0, 0.05) is 19.3 Å². The molecule has 1 unspecified atom stereocenters. The zero-order valence-corrected chi connectivity index (χ0v) is 13.3. The van der Waals surface area contributed by atoms with E-state index in [4.69, 9.17) is 14.2 Å². The molecule has 1 atom stereocenters. The van der Waals surface area contributed by atoms with Crippen LogP contribution in [-0.2, 0) is 9.53 Å². The molecule has 1 aromatic rings. The molecule has 0 saturated heterocycles. The summed E-state index contributed by atoms with van der Waals surface area (Å²) in [4.78, 5) is 15.9. The van der Waals surface area contributed by atoms with Gasteiger partial charge in [0.15, 0.2) is 0 Å². The summed E-state index contributed by atoms with van der Waals surface area (Å²) in [5, 5.41) is 1.75. The minimum atomic E-state index is -0.522. The Labute approximate surface area is 129 Å². The summed E-state index contributed by atoms with van der Waals surface area (Å²) in [5.74, 6) is 0.818. The summed E-state index contributed by atoms with van der Waals surface area (Å²) in [6, 6.07) is 1.23. The zero-order chi connectivity index (χ0) is 16.1. The van der Waals surface area contributed by atoms with E-state index in [-0.39, 0.29) is 5.97 Å². The third kappa shape index (κ3) is 3.30. The predicted molar refractivity (Wildman–Crippen MR) is 81.3 cm³/mol. The molecule has 2 rings (SSSR count). The van der Waals surface area contributed by atoms with Crippen molar-refractivity contribution in [2.24, 2.45) is 0 Å². The fourth-order valence-corrected chi connectivity index (χ4v) is 2.22. The van der Waals surface area contributed by atoms with Gasteiger partial charge in [-0.15, -0.1) is 0 Å². The van der Waals surface area contributed by atoms with Crippen molar-refractivity contribution < 1.29 is 19.0 Å². The number of nitrogens with zero attached hydrogens (tertiary/aromatic N) is 2. The Hall–Kier alpha value is -2.28. The van der Waals surface area contributed by atoms with E-state index < -0.39 is 6.04 Å². The summed E-state index contributed by atoms with van der Waals surface area (Å²) in [5.41, 5.74) is 4.60. The first-order valence-corrected chi connectivity index (χ1v) is 7.16. The van der Waals surface area contributed by atoms with E-state index in [2.05, 4.69) is 10.4 Å². The van der Waals surface area contributed by atoms with E-state index in [1.54, 1.807) is 23.3 Å². The normalized spacial score (nSPS) is 17.2. The Morgan fingerprint density at radius 2 is 2.09 bits per heavy atom. The number of esters is 1. The molecule has 0 spiro atoms. The Balaban J connectivity index is 2.36. The molecule has 0 fully saturated rings. The smallest absolute Gasteiger partial charge is 0.328 e. The SMILES string of the molecule is CCOc1cc(OCC)c(C2=CC(C(=O)OC)NN2C)cn1. The highest BCUT2D eigenvalue weighted by Gasteiger charge is 2.29. The first-order valence-electron chi connectivity index (χ1n) is 7.16. The lowest BCUT2D eigenvalue weighted by molar-refractivity contribution is -0.142. The van der Waals surface area contributed by atoms with Crippen molar-refractivity contribution in [2.45, 2.75) is 19.9 Å². The number of methoxy groups -OCH3 is 1. The van der Waals surface area contributed by atoms with Crippen molar-refractivity contribution in [3.05, 3.63) is 23.9 Å². The number of aromatic nitrogens is 1. The van der Waals surface area contributed by atoms with Gasteiger partial charge >= 0.3 is 5.97 Å². The quantitative estimate of drug-likeness (QED) is 0.792. The lowest BCUT2D eigenvalue weighted by atomic mass is 10.1. The van der Waals surface area contributed by atoms with Gasteiger partial charge in [-0.05, 0) is 19.9 Å². The van der Waals surface area contributed by atoms with Crippen LogP contribution in [0.25, 0.3) is 5.70 Å². The van der Waals surface area contributed by atoms with Crippen molar-refractivity contribution in [3.63, 3.8) is 0 Å². The molecule has 120 valence electrons. The summed E-state index contributed by atoms with van der Waals surface area (Å²) < 4.78 is 15.8. The Kier molecular flexibility index (Phi) is 5.21. The van der Waals surface area contributed by atoms with Crippen molar-refractivity contribution in [3.8, 4) is 11.6 Å². The molecule has 1 aliphatic heterocycles. The maximum Gasteiger partial charge on any atom is 0.328 e. The van der Waals surface area contributed by atoms with Gasteiger partial charge in [-0.25, -0.2) is 15.2 Å². The molecule has 2 heterocycles. The van der Waals surface area contributed by atoms with Gasteiger partial charge in [-0.1, -0.05) is 0 Å². The van der Waals surface area contributed by atoms with Gasteiger partial charge in [0.25, 0.3) is 0 Å². The van der Waals surface area contributed by atoms with Crippen LogP contribution >= 0.6 is 0 Å². The molecule has 0 aliphatic carbocycles. The molecule has 0 amide bonds. The predicted octanol–water partition coefficient (Wildman–Crippen LogP) is 1.21. The number of rotatable bonds is 6. The van der Waals surface area contributed by atoms with E-state index >= 15 is 0 Å². The van der Waals surface area contributed by atoms with E-state index in [0.29, 0.717) is 24.8 Å². The van der Waals surface area contributed by atoms with E-state index in [0.717, 1.165) is 11.3 Å². The lowest BCUT2D eigenvalue weighted by Crippen LogP contribution is -2.39. The van der Waals surface area contributed by atoms with Gasteiger partial charge in [-0.2, -0.15) is 0 Å². The highest BCUT2D eigenvalue weighted by atomic mass is 16.5. The van der Waals surface area contributed by atoms with Crippen LogP contribution in [0.1, 0.15) is 19.4 Å². The average Bonchev–Trinajstić information content (AvgIpc) is 2.89. The van der Waals surface area contributed by atoms with Crippen LogP contribution < -0.4 is 14.9 Å². The van der Waals surface area contributed by atoms with Crippen molar-refractivity contribution >= 4 is 11.7 Å². The molecular weight excluding hydrogens is 286 g/mol. The molecule has 0 saturated carbocycles. The largest absolute Gasteiger partial charge is 0.493 e. The van der Waals surface area contributed by atoms with Crippen LogP contribution in [-0.4, -0.2) is 49.4 Å². The van der Waals surface area contributed by atoms with Gasteiger partial charge in [-0.3, -0.25) is 0 Å². The fraction of sp³-hybridized carbons (Fsp3) is 0.467.